The molecule has 29 heavy (non-hydrogen) atoms. The number of pyridine rings is 1. The zero-order valence-electron chi connectivity index (χ0n) is 15.6. The fourth-order valence-corrected chi connectivity index (χ4v) is 4.68. The first-order valence-corrected chi connectivity index (χ1v) is 10.5. The predicted octanol–water partition coefficient (Wildman–Crippen LogP) is 5.27. The summed E-state index contributed by atoms with van der Waals surface area (Å²) in [5, 5.41) is 1.03. The van der Waals surface area contributed by atoms with Gasteiger partial charge in [-0.05, 0) is 53.2 Å². The largest absolute Gasteiger partial charge is 0.378 e. The smallest absolute Gasteiger partial charge is 0.149 e. The first-order chi connectivity index (χ1) is 14.0. The molecule has 1 fully saturated rings. The maximum Gasteiger partial charge on any atom is 0.149 e. The number of halogens is 3. The van der Waals surface area contributed by atoms with Crippen LogP contribution in [0.15, 0.2) is 41.0 Å². The van der Waals surface area contributed by atoms with Crippen LogP contribution in [-0.2, 0) is 4.74 Å². The van der Waals surface area contributed by atoms with E-state index in [0.29, 0.717) is 23.6 Å². The third kappa shape index (κ3) is 3.08. The minimum atomic E-state index is -0.400. The number of benzene rings is 2. The highest BCUT2D eigenvalue weighted by Crippen LogP contribution is 2.36. The maximum absolute atomic E-state index is 14.4. The van der Waals surface area contributed by atoms with Crippen LogP contribution in [0, 0.1) is 12.7 Å². The molecule has 1 aliphatic rings. The van der Waals surface area contributed by atoms with Gasteiger partial charge in [0.1, 0.15) is 22.7 Å². The second-order valence-electron chi connectivity index (χ2n) is 6.97. The second kappa shape index (κ2) is 7.23. The van der Waals surface area contributed by atoms with Crippen molar-refractivity contribution in [1.29, 1.82) is 0 Å². The molecule has 148 valence electrons. The van der Waals surface area contributed by atoms with Crippen molar-refractivity contribution in [3.8, 4) is 5.69 Å². The fourth-order valence-electron chi connectivity index (χ4n) is 3.91. The van der Waals surface area contributed by atoms with Crippen LogP contribution in [0.4, 0.5) is 10.1 Å². The Balaban J connectivity index is 1.80. The van der Waals surface area contributed by atoms with E-state index in [9.17, 15) is 4.39 Å². The average Bonchev–Trinajstić information content (AvgIpc) is 3.07. The van der Waals surface area contributed by atoms with Gasteiger partial charge in [-0.25, -0.2) is 9.37 Å². The highest BCUT2D eigenvalue weighted by atomic mass is 79.9. The number of nitrogens with zero attached hydrogens (tertiary/aromatic N) is 4. The summed E-state index contributed by atoms with van der Waals surface area (Å²) in [6.07, 6.45) is 1.60. The number of morpholine rings is 1. The average molecular weight is 476 g/mol. The van der Waals surface area contributed by atoms with Crippen molar-refractivity contribution in [3.05, 3.63) is 57.7 Å². The van der Waals surface area contributed by atoms with Crippen LogP contribution in [0.25, 0.3) is 27.6 Å². The molecule has 0 spiro atoms. The lowest BCUT2D eigenvalue weighted by Gasteiger charge is -2.29. The highest BCUT2D eigenvalue weighted by Gasteiger charge is 2.20. The lowest BCUT2D eigenvalue weighted by atomic mass is 10.1. The van der Waals surface area contributed by atoms with Gasteiger partial charge in [0.2, 0.25) is 0 Å². The van der Waals surface area contributed by atoms with E-state index in [1.54, 1.807) is 12.3 Å². The van der Waals surface area contributed by atoms with E-state index in [1.807, 2.05) is 17.6 Å². The summed E-state index contributed by atoms with van der Waals surface area (Å²) < 4.78 is 22.8. The Labute approximate surface area is 180 Å². The maximum atomic E-state index is 14.4. The topological polar surface area (TPSA) is 43.2 Å². The Kier molecular flexibility index (Phi) is 4.69. The summed E-state index contributed by atoms with van der Waals surface area (Å²) in [6, 6.07) is 8.95. The number of aromatic nitrogens is 3. The van der Waals surface area contributed by atoms with Gasteiger partial charge >= 0.3 is 0 Å². The van der Waals surface area contributed by atoms with Crippen molar-refractivity contribution in [3.63, 3.8) is 0 Å². The number of fused-ring (bicyclic) bond motifs is 2. The van der Waals surface area contributed by atoms with E-state index in [2.05, 4.69) is 37.9 Å². The molecule has 0 radical (unpaired) electrons. The quantitative estimate of drug-likeness (QED) is 0.396. The van der Waals surface area contributed by atoms with Crippen LogP contribution < -0.4 is 4.90 Å². The van der Waals surface area contributed by atoms with E-state index in [1.165, 1.54) is 6.07 Å². The molecular weight excluding hydrogens is 459 g/mol. The molecule has 0 aliphatic carbocycles. The molecule has 0 unspecified atom stereocenters. The van der Waals surface area contributed by atoms with Crippen molar-refractivity contribution in [2.45, 2.75) is 6.92 Å². The number of hydrogen-bond donors (Lipinski definition) is 0. The molecule has 1 aliphatic heterocycles. The summed E-state index contributed by atoms with van der Waals surface area (Å²) in [7, 11) is 0. The molecule has 1 saturated heterocycles. The van der Waals surface area contributed by atoms with Gasteiger partial charge < -0.3 is 9.64 Å². The predicted molar refractivity (Wildman–Crippen MR) is 117 cm³/mol. The summed E-state index contributed by atoms with van der Waals surface area (Å²) in [4.78, 5) is 11.2. The van der Waals surface area contributed by atoms with Gasteiger partial charge in [0.05, 0.1) is 29.4 Å². The van der Waals surface area contributed by atoms with Gasteiger partial charge in [-0.3, -0.25) is 9.55 Å². The van der Waals surface area contributed by atoms with Crippen LogP contribution >= 0.6 is 27.5 Å². The molecule has 2 aromatic carbocycles. The molecule has 3 heterocycles. The number of imidazole rings is 1. The van der Waals surface area contributed by atoms with Crippen LogP contribution in [0.3, 0.4) is 0 Å². The molecular formula is C21H17BrClFN4O. The SMILES string of the molecule is Cc1nc2c(Br)cc(N3CCOCC3)cc2n1-c1ccnc2c(F)ccc(Cl)c12. The van der Waals surface area contributed by atoms with Crippen LogP contribution in [0.5, 0.6) is 0 Å². The van der Waals surface area contributed by atoms with Crippen molar-refractivity contribution in [1.82, 2.24) is 14.5 Å². The highest BCUT2D eigenvalue weighted by molar-refractivity contribution is 9.10. The molecule has 5 nitrogen and oxygen atoms in total. The Morgan fingerprint density at radius 3 is 2.72 bits per heavy atom. The normalized spacial score (nSPS) is 14.8. The standard InChI is InChI=1S/C21H17BrClFN4O/c1-12-26-20-14(22)10-13(27-6-8-29-9-7-27)11-18(20)28(12)17-4-5-25-21-16(24)3-2-15(23)19(17)21/h2-5,10-11H,6-9H2,1H3. The lowest BCUT2D eigenvalue weighted by Crippen LogP contribution is -2.36. The second-order valence-corrected chi connectivity index (χ2v) is 8.23. The van der Waals surface area contributed by atoms with Crippen molar-refractivity contribution in [2.75, 3.05) is 31.2 Å². The summed E-state index contributed by atoms with van der Waals surface area (Å²) in [6.45, 7) is 5.01. The first kappa shape index (κ1) is 18.8. The van der Waals surface area contributed by atoms with Crippen molar-refractivity contribution in [2.24, 2.45) is 0 Å². The number of rotatable bonds is 2. The van der Waals surface area contributed by atoms with Gasteiger partial charge in [0, 0.05) is 34.8 Å². The number of hydrogen-bond acceptors (Lipinski definition) is 4. The minimum Gasteiger partial charge on any atom is -0.378 e. The third-order valence-electron chi connectivity index (χ3n) is 5.25. The zero-order chi connectivity index (χ0) is 20.1. The summed E-state index contributed by atoms with van der Waals surface area (Å²) in [5.41, 5.74) is 3.86. The van der Waals surface area contributed by atoms with Crippen LogP contribution in [0.2, 0.25) is 5.02 Å². The Morgan fingerprint density at radius 1 is 1.14 bits per heavy atom. The molecule has 0 N–H and O–H groups in total. The first-order valence-electron chi connectivity index (χ1n) is 9.29. The Bertz CT molecular complexity index is 1250. The van der Waals surface area contributed by atoms with E-state index in [4.69, 9.17) is 21.3 Å². The molecule has 0 saturated carbocycles. The number of ether oxygens (including phenoxy) is 1. The van der Waals surface area contributed by atoms with Gasteiger partial charge in [-0.1, -0.05) is 11.6 Å². The Morgan fingerprint density at radius 2 is 1.93 bits per heavy atom. The third-order valence-corrected chi connectivity index (χ3v) is 6.17. The number of anilines is 1. The molecule has 0 atom stereocenters. The fraction of sp³-hybridized carbons (Fsp3) is 0.238. The Hall–Kier alpha value is -2.22. The molecule has 4 aromatic rings. The number of aryl methyl sites for hydroxylation is 1. The van der Waals surface area contributed by atoms with Crippen molar-refractivity contribution < 1.29 is 9.13 Å². The van der Waals surface area contributed by atoms with Crippen LogP contribution in [-0.4, -0.2) is 40.8 Å². The monoisotopic (exact) mass is 474 g/mol. The van der Waals surface area contributed by atoms with Gasteiger partial charge in [-0.15, -0.1) is 0 Å². The lowest BCUT2D eigenvalue weighted by molar-refractivity contribution is 0.122. The van der Waals surface area contributed by atoms with Crippen LogP contribution in [0.1, 0.15) is 5.82 Å². The summed E-state index contributed by atoms with van der Waals surface area (Å²) in [5.74, 6) is 0.385. The van der Waals surface area contributed by atoms with Gasteiger partial charge in [0.25, 0.3) is 0 Å². The van der Waals surface area contributed by atoms with E-state index < -0.39 is 5.82 Å². The van der Waals surface area contributed by atoms with E-state index in [-0.39, 0.29) is 5.52 Å². The molecule has 0 amide bonds. The van der Waals surface area contributed by atoms with Gasteiger partial charge in [-0.2, -0.15) is 0 Å². The zero-order valence-corrected chi connectivity index (χ0v) is 18.0. The van der Waals surface area contributed by atoms with Gasteiger partial charge in [0.15, 0.2) is 0 Å². The van der Waals surface area contributed by atoms with E-state index in [0.717, 1.165) is 45.8 Å². The van der Waals surface area contributed by atoms with Crippen molar-refractivity contribution >= 4 is 55.2 Å². The molecule has 5 rings (SSSR count). The molecule has 2 aromatic heterocycles. The van der Waals surface area contributed by atoms with E-state index >= 15 is 0 Å². The minimum absolute atomic E-state index is 0.250. The molecule has 0 bridgehead atoms. The molecule has 8 heteroatoms. The summed E-state index contributed by atoms with van der Waals surface area (Å²) >= 11 is 10.1.